The van der Waals surface area contributed by atoms with Crippen LogP contribution in [0, 0.1) is 0 Å². The van der Waals surface area contributed by atoms with Crippen molar-refractivity contribution in [2.75, 3.05) is 13.7 Å². The van der Waals surface area contributed by atoms with E-state index in [0.717, 1.165) is 11.3 Å². The van der Waals surface area contributed by atoms with Gasteiger partial charge in [0.15, 0.2) is 11.5 Å². The first-order chi connectivity index (χ1) is 12.0. The number of nitrogens with zero attached hydrogens (tertiary/aromatic N) is 1. The lowest BCUT2D eigenvalue weighted by Gasteiger charge is -2.19. The summed E-state index contributed by atoms with van der Waals surface area (Å²) in [5.74, 6) is 1.10. The van der Waals surface area contributed by atoms with Gasteiger partial charge in [-0.3, -0.25) is 9.78 Å². The zero-order valence-corrected chi connectivity index (χ0v) is 14.9. The fraction of sp³-hybridized carbons (Fsp3) is 0.368. The molecular formula is C19H25N3O3. The standard InChI is InChI=1S/C19H25N3O3/c1-4-25-17-9-8-14(11-18(17)24-3)13(2)22-19(23)16(20)12-15-7-5-6-10-21-15/h5-11,13,16H,4,12,20H2,1-3H3,(H,22,23)/t13?,16-/m1/s1. The van der Waals surface area contributed by atoms with Crippen molar-refractivity contribution in [3.8, 4) is 11.5 Å². The molecule has 3 N–H and O–H groups in total. The monoisotopic (exact) mass is 343 g/mol. The number of nitrogens with one attached hydrogen (secondary N) is 1. The number of benzene rings is 1. The highest BCUT2D eigenvalue weighted by molar-refractivity contribution is 5.82. The van der Waals surface area contributed by atoms with Crippen LogP contribution in [0.3, 0.4) is 0 Å². The minimum absolute atomic E-state index is 0.202. The molecule has 6 nitrogen and oxygen atoms in total. The molecule has 0 fully saturated rings. The Balaban J connectivity index is 2.00. The highest BCUT2D eigenvalue weighted by Crippen LogP contribution is 2.30. The van der Waals surface area contributed by atoms with Gasteiger partial charge in [-0.25, -0.2) is 0 Å². The first kappa shape index (κ1) is 18.7. The van der Waals surface area contributed by atoms with E-state index in [0.29, 0.717) is 24.5 Å². The van der Waals surface area contributed by atoms with Crippen LogP contribution in [0.5, 0.6) is 11.5 Å². The lowest BCUT2D eigenvalue weighted by Crippen LogP contribution is -2.43. The number of methoxy groups -OCH3 is 1. The first-order valence-corrected chi connectivity index (χ1v) is 8.31. The number of amides is 1. The van der Waals surface area contributed by atoms with Gasteiger partial charge in [0.05, 0.1) is 25.8 Å². The lowest BCUT2D eigenvalue weighted by atomic mass is 10.1. The summed E-state index contributed by atoms with van der Waals surface area (Å²) in [5, 5.41) is 2.93. The number of hydrogen-bond donors (Lipinski definition) is 2. The number of rotatable bonds is 8. The lowest BCUT2D eigenvalue weighted by molar-refractivity contribution is -0.123. The summed E-state index contributed by atoms with van der Waals surface area (Å²) in [7, 11) is 1.59. The van der Waals surface area contributed by atoms with E-state index in [1.165, 1.54) is 0 Å². The van der Waals surface area contributed by atoms with Crippen molar-refractivity contribution in [3.05, 3.63) is 53.9 Å². The molecule has 1 heterocycles. The molecule has 25 heavy (non-hydrogen) atoms. The van der Waals surface area contributed by atoms with Gasteiger partial charge in [-0.05, 0) is 43.7 Å². The molecule has 0 aliphatic rings. The van der Waals surface area contributed by atoms with Crippen LogP contribution in [0.2, 0.25) is 0 Å². The van der Waals surface area contributed by atoms with Crippen molar-refractivity contribution in [2.45, 2.75) is 32.4 Å². The van der Waals surface area contributed by atoms with Gasteiger partial charge in [-0.1, -0.05) is 12.1 Å². The van der Waals surface area contributed by atoms with Gasteiger partial charge in [-0.15, -0.1) is 0 Å². The average molecular weight is 343 g/mol. The van der Waals surface area contributed by atoms with Crippen LogP contribution in [0.1, 0.15) is 31.1 Å². The molecule has 1 aromatic carbocycles. The molecule has 6 heteroatoms. The number of hydrogen-bond acceptors (Lipinski definition) is 5. The van der Waals surface area contributed by atoms with Crippen LogP contribution < -0.4 is 20.5 Å². The van der Waals surface area contributed by atoms with Gasteiger partial charge in [0.25, 0.3) is 0 Å². The van der Waals surface area contributed by atoms with Crippen molar-refractivity contribution < 1.29 is 14.3 Å². The number of pyridine rings is 1. The largest absolute Gasteiger partial charge is 0.493 e. The topological polar surface area (TPSA) is 86.5 Å². The number of nitrogens with two attached hydrogens (primary N) is 1. The molecule has 0 spiro atoms. The molecule has 1 unspecified atom stereocenters. The van der Waals surface area contributed by atoms with E-state index >= 15 is 0 Å². The molecule has 1 aromatic heterocycles. The van der Waals surface area contributed by atoms with Crippen molar-refractivity contribution >= 4 is 5.91 Å². The summed E-state index contributed by atoms with van der Waals surface area (Å²) >= 11 is 0. The van der Waals surface area contributed by atoms with E-state index in [9.17, 15) is 4.79 Å². The number of carbonyl (C=O) groups is 1. The molecule has 1 amide bonds. The number of ether oxygens (including phenoxy) is 2. The minimum atomic E-state index is -0.651. The van der Waals surface area contributed by atoms with Crippen molar-refractivity contribution in [3.63, 3.8) is 0 Å². The van der Waals surface area contributed by atoms with Gasteiger partial charge in [0.2, 0.25) is 5.91 Å². The maximum Gasteiger partial charge on any atom is 0.237 e. The average Bonchev–Trinajstić information content (AvgIpc) is 2.63. The van der Waals surface area contributed by atoms with Crippen LogP contribution in [-0.4, -0.2) is 30.6 Å². The van der Waals surface area contributed by atoms with Gasteiger partial charge >= 0.3 is 0 Å². The van der Waals surface area contributed by atoms with E-state index in [1.54, 1.807) is 13.3 Å². The molecule has 2 atom stereocenters. The SMILES string of the molecule is CCOc1ccc(C(C)NC(=O)[C@H](N)Cc2ccccn2)cc1OC. The van der Waals surface area contributed by atoms with Crippen LogP contribution in [0.15, 0.2) is 42.6 Å². The second-order valence-electron chi connectivity index (χ2n) is 5.71. The molecule has 0 bridgehead atoms. The second kappa shape index (κ2) is 9.03. The number of aromatic nitrogens is 1. The fourth-order valence-electron chi connectivity index (χ4n) is 2.47. The molecule has 0 radical (unpaired) electrons. The summed E-state index contributed by atoms with van der Waals surface area (Å²) < 4.78 is 10.9. The highest BCUT2D eigenvalue weighted by atomic mass is 16.5. The van der Waals surface area contributed by atoms with Crippen LogP contribution in [0.25, 0.3) is 0 Å². The predicted octanol–water partition coefficient (Wildman–Crippen LogP) is 2.24. The Hall–Kier alpha value is -2.60. The Labute approximate surface area is 148 Å². The summed E-state index contributed by atoms with van der Waals surface area (Å²) in [4.78, 5) is 16.5. The molecule has 0 aliphatic heterocycles. The van der Waals surface area contributed by atoms with Crippen LogP contribution >= 0.6 is 0 Å². The van der Waals surface area contributed by atoms with E-state index in [1.807, 2.05) is 50.2 Å². The smallest absolute Gasteiger partial charge is 0.237 e. The number of carbonyl (C=O) groups excluding carboxylic acids is 1. The van der Waals surface area contributed by atoms with E-state index in [4.69, 9.17) is 15.2 Å². The summed E-state index contributed by atoms with van der Waals surface area (Å²) in [6.45, 7) is 4.38. The van der Waals surface area contributed by atoms with E-state index in [-0.39, 0.29) is 11.9 Å². The molecule has 2 rings (SSSR count). The highest BCUT2D eigenvalue weighted by Gasteiger charge is 2.18. The third-order valence-electron chi connectivity index (χ3n) is 3.84. The van der Waals surface area contributed by atoms with Crippen molar-refractivity contribution in [1.29, 1.82) is 0 Å². The molecule has 0 aliphatic carbocycles. The summed E-state index contributed by atoms with van der Waals surface area (Å²) in [6, 6.07) is 10.3. The zero-order valence-electron chi connectivity index (χ0n) is 14.9. The zero-order chi connectivity index (χ0) is 18.2. The maximum absolute atomic E-state index is 12.3. The second-order valence-corrected chi connectivity index (χ2v) is 5.71. The molecular weight excluding hydrogens is 318 g/mol. The van der Waals surface area contributed by atoms with Gasteiger partial charge in [0, 0.05) is 18.3 Å². The molecule has 2 aromatic rings. The van der Waals surface area contributed by atoms with Gasteiger partial charge in [-0.2, -0.15) is 0 Å². The van der Waals surface area contributed by atoms with Crippen LogP contribution in [0.4, 0.5) is 0 Å². The Bertz CT molecular complexity index is 692. The third-order valence-corrected chi connectivity index (χ3v) is 3.84. The van der Waals surface area contributed by atoms with Gasteiger partial charge in [0.1, 0.15) is 0 Å². The predicted molar refractivity (Wildman–Crippen MR) is 96.6 cm³/mol. The van der Waals surface area contributed by atoms with E-state index < -0.39 is 6.04 Å². The fourth-order valence-corrected chi connectivity index (χ4v) is 2.47. The minimum Gasteiger partial charge on any atom is -0.493 e. The molecule has 0 saturated heterocycles. The Kier molecular flexibility index (Phi) is 6.77. The quantitative estimate of drug-likeness (QED) is 0.768. The van der Waals surface area contributed by atoms with Crippen LogP contribution in [-0.2, 0) is 11.2 Å². The summed E-state index contributed by atoms with van der Waals surface area (Å²) in [6.07, 6.45) is 2.08. The van der Waals surface area contributed by atoms with Crippen molar-refractivity contribution in [1.82, 2.24) is 10.3 Å². The summed E-state index contributed by atoms with van der Waals surface area (Å²) in [5.41, 5.74) is 7.71. The van der Waals surface area contributed by atoms with Crippen molar-refractivity contribution in [2.24, 2.45) is 5.73 Å². The van der Waals surface area contributed by atoms with E-state index in [2.05, 4.69) is 10.3 Å². The van der Waals surface area contributed by atoms with Gasteiger partial charge < -0.3 is 20.5 Å². The Morgan fingerprint density at radius 1 is 1.28 bits per heavy atom. The normalized spacial score (nSPS) is 13.0. The molecule has 134 valence electrons. The Morgan fingerprint density at radius 2 is 2.08 bits per heavy atom. The first-order valence-electron chi connectivity index (χ1n) is 8.31. The molecule has 0 saturated carbocycles. The Morgan fingerprint density at radius 3 is 2.72 bits per heavy atom. The third kappa shape index (κ3) is 5.19. The maximum atomic E-state index is 12.3.